The molecule has 2 heterocycles. The fourth-order valence-electron chi connectivity index (χ4n) is 2.86. The number of hydrogen-bond donors (Lipinski definition) is 0. The lowest BCUT2D eigenvalue weighted by Crippen LogP contribution is -2.28. The molecule has 0 aliphatic carbocycles. The van der Waals surface area contributed by atoms with E-state index in [1.54, 1.807) is 30.2 Å². The third-order valence-electron chi connectivity index (χ3n) is 4.37. The standard InChI is InChI=1S/C21H23N3O5S/c1-5-24(13-17-22-21(23-29-17)16-7-6-12-30-16)18(25)11-9-14-8-10-15(26-2)20(28-4)19(14)27-3/h6-12H,5,13H2,1-4H3/b11-9+. The summed E-state index contributed by atoms with van der Waals surface area (Å²) < 4.78 is 21.4. The van der Waals surface area contributed by atoms with Gasteiger partial charge in [0.2, 0.25) is 23.4 Å². The second kappa shape index (κ2) is 9.93. The average Bonchev–Trinajstić information content (AvgIpc) is 3.46. The molecule has 0 saturated heterocycles. The number of benzene rings is 1. The average molecular weight is 429 g/mol. The number of likely N-dealkylation sites (N-methyl/N-ethyl adjacent to an activating group) is 1. The van der Waals surface area contributed by atoms with Crippen molar-refractivity contribution in [2.24, 2.45) is 0 Å². The van der Waals surface area contributed by atoms with Gasteiger partial charge in [-0.05, 0) is 36.6 Å². The first-order valence-corrected chi connectivity index (χ1v) is 10.1. The number of carbonyl (C=O) groups is 1. The molecule has 0 radical (unpaired) electrons. The third kappa shape index (κ3) is 4.62. The van der Waals surface area contributed by atoms with Gasteiger partial charge in [-0.15, -0.1) is 11.3 Å². The number of hydrogen-bond acceptors (Lipinski definition) is 8. The Morgan fingerprint density at radius 1 is 1.17 bits per heavy atom. The number of carbonyl (C=O) groups excluding carboxylic acids is 1. The predicted molar refractivity (Wildman–Crippen MR) is 114 cm³/mol. The fraction of sp³-hybridized carbons (Fsp3) is 0.286. The van der Waals surface area contributed by atoms with Crippen molar-refractivity contribution in [3.05, 3.63) is 47.2 Å². The van der Waals surface area contributed by atoms with E-state index in [0.29, 0.717) is 41.1 Å². The Kier molecular flexibility index (Phi) is 7.08. The lowest BCUT2D eigenvalue weighted by Gasteiger charge is -2.17. The van der Waals surface area contributed by atoms with Gasteiger partial charge in [-0.25, -0.2) is 0 Å². The minimum Gasteiger partial charge on any atom is -0.493 e. The van der Waals surface area contributed by atoms with Crippen molar-refractivity contribution in [3.63, 3.8) is 0 Å². The second-order valence-corrected chi connectivity index (χ2v) is 7.05. The molecular formula is C21H23N3O5S. The van der Waals surface area contributed by atoms with Crippen LogP contribution in [0, 0.1) is 0 Å². The van der Waals surface area contributed by atoms with Gasteiger partial charge in [0.15, 0.2) is 11.5 Å². The molecule has 9 heteroatoms. The van der Waals surface area contributed by atoms with Crippen molar-refractivity contribution in [1.29, 1.82) is 0 Å². The summed E-state index contributed by atoms with van der Waals surface area (Å²) in [5, 5.41) is 5.93. The van der Waals surface area contributed by atoms with Crippen LogP contribution in [0.5, 0.6) is 17.2 Å². The van der Waals surface area contributed by atoms with Gasteiger partial charge in [-0.1, -0.05) is 11.2 Å². The fourth-order valence-corrected chi connectivity index (χ4v) is 3.51. The van der Waals surface area contributed by atoms with Gasteiger partial charge in [0.05, 0.1) is 26.2 Å². The molecule has 0 bridgehead atoms. The van der Waals surface area contributed by atoms with Gasteiger partial charge >= 0.3 is 0 Å². The summed E-state index contributed by atoms with van der Waals surface area (Å²) in [6.45, 7) is 2.60. The van der Waals surface area contributed by atoms with Crippen LogP contribution in [-0.2, 0) is 11.3 Å². The number of amides is 1. The molecule has 0 aliphatic heterocycles. The Morgan fingerprint density at radius 2 is 1.97 bits per heavy atom. The molecule has 30 heavy (non-hydrogen) atoms. The van der Waals surface area contributed by atoms with Crippen LogP contribution in [0.15, 0.2) is 40.2 Å². The summed E-state index contributed by atoms with van der Waals surface area (Å²) in [6.07, 6.45) is 3.15. The Morgan fingerprint density at radius 3 is 2.60 bits per heavy atom. The number of ether oxygens (including phenoxy) is 3. The molecule has 0 aliphatic rings. The number of rotatable bonds is 9. The Hall–Kier alpha value is -3.33. The second-order valence-electron chi connectivity index (χ2n) is 6.10. The molecule has 2 aromatic heterocycles. The zero-order chi connectivity index (χ0) is 21.5. The maximum absolute atomic E-state index is 12.7. The smallest absolute Gasteiger partial charge is 0.247 e. The minimum atomic E-state index is -0.190. The van der Waals surface area contributed by atoms with Crippen LogP contribution >= 0.6 is 11.3 Å². The van der Waals surface area contributed by atoms with Crippen molar-refractivity contribution in [3.8, 4) is 28.0 Å². The molecule has 0 atom stereocenters. The summed E-state index contributed by atoms with van der Waals surface area (Å²) >= 11 is 1.53. The first-order valence-electron chi connectivity index (χ1n) is 9.23. The summed E-state index contributed by atoms with van der Waals surface area (Å²) in [5.74, 6) is 2.21. The summed E-state index contributed by atoms with van der Waals surface area (Å²) in [6, 6.07) is 7.39. The van der Waals surface area contributed by atoms with Crippen molar-refractivity contribution in [2.75, 3.05) is 27.9 Å². The molecular weight excluding hydrogens is 406 g/mol. The van der Waals surface area contributed by atoms with E-state index in [2.05, 4.69) is 10.1 Å². The highest BCUT2D eigenvalue weighted by Gasteiger charge is 2.17. The molecule has 158 valence electrons. The molecule has 0 N–H and O–H groups in total. The lowest BCUT2D eigenvalue weighted by molar-refractivity contribution is -0.126. The van der Waals surface area contributed by atoms with Crippen molar-refractivity contribution in [2.45, 2.75) is 13.5 Å². The predicted octanol–water partition coefficient (Wildman–Crippen LogP) is 3.89. The maximum atomic E-state index is 12.7. The quantitative estimate of drug-likeness (QED) is 0.477. The van der Waals surface area contributed by atoms with Crippen LogP contribution in [0.25, 0.3) is 16.8 Å². The molecule has 0 spiro atoms. The molecule has 3 rings (SSSR count). The molecule has 8 nitrogen and oxygen atoms in total. The third-order valence-corrected chi connectivity index (χ3v) is 5.24. The van der Waals surface area contributed by atoms with E-state index in [4.69, 9.17) is 18.7 Å². The van der Waals surface area contributed by atoms with Gasteiger partial charge in [0.25, 0.3) is 0 Å². The van der Waals surface area contributed by atoms with Crippen molar-refractivity contribution in [1.82, 2.24) is 15.0 Å². The summed E-state index contributed by atoms with van der Waals surface area (Å²) in [5.41, 5.74) is 0.692. The lowest BCUT2D eigenvalue weighted by atomic mass is 10.1. The highest BCUT2D eigenvalue weighted by atomic mass is 32.1. The van der Waals surface area contributed by atoms with Gasteiger partial charge in [0.1, 0.15) is 6.54 Å². The SMILES string of the molecule is CCN(Cc1nc(-c2cccs2)no1)C(=O)/C=C/c1ccc(OC)c(OC)c1OC. The van der Waals surface area contributed by atoms with Crippen LogP contribution < -0.4 is 14.2 Å². The van der Waals surface area contributed by atoms with E-state index in [9.17, 15) is 4.79 Å². The van der Waals surface area contributed by atoms with Gasteiger partial charge < -0.3 is 23.6 Å². The molecule has 3 aromatic rings. The molecule has 1 aromatic carbocycles. The van der Waals surface area contributed by atoms with E-state index in [1.807, 2.05) is 24.4 Å². The highest BCUT2D eigenvalue weighted by Crippen LogP contribution is 2.40. The number of methoxy groups -OCH3 is 3. The van der Waals surface area contributed by atoms with Gasteiger partial charge in [-0.3, -0.25) is 4.79 Å². The normalized spacial score (nSPS) is 10.9. The topological polar surface area (TPSA) is 86.9 Å². The Labute approximate surface area is 178 Å². The number of aromatic nitrogens is 2. The minimum absolute atomic E-state index is 0.190. The zero-order valence-corrected chi connectivity index (χ0v) is 18.1. The summed E-state index contributed by atoms with van der Waals surface area (Å²) in [7, 11) is 4.62. The van der Waals surface area contributed by atoms with E-state index in [0.717, 1.165) is 4.88 Å². The monoisotopic (exact) mass is 429 g/mol. The first-order chi connectivity index (χ1) is 14.6. The molecule has 0 unspecified atom stereocenters. The van der Waals surface area contributed by atoms with Crippen LogP contribution in [0.2, 0.25) is 0 Å². The van der Waals surface area contributed by atoms with Gasteiger partial charge in [-0.2, -0.15) is 4.98 Å². The Bertz CT molecular complexity index is 1010. The first kappa shape index (κ1) is 21.4. The Balaban J connectivity index is 1.74. The van der Waals surface area contributed by atoms with Crippen molar-refractivity contribution >= 4 is 23.3 Å². The van der Waals surface area contributed by atoms with Crippen LogP contribution in [0.4, 0.5) is 0 Å². The number of thiophene rings is 1. The largest absolute Gasteiger partial charge is 0.493 e. The van der Waals surface area contributed by atoms with E-state index >= 15 is 0 Å². The number of nitrogens with zero attached hydrogens (tertiary/aromatic N) is 3. The highest BCUT2D eigenvalue weighted by molar-refractivity contribution is 7.13. The van der Waals surface area contributed by atoms with E-state index < -0.39 is 0 Å². The molecule has 0 saturated carbocycles. The van der Waals surface area contributed by atoms with Crippen LogP contribution in [0.1, 0.15) is 18.4 Å². The van der Waals surface area contributed by atoms with E-state index in [1.165, 1.54) is 31.6 Å². The van der Waals surface area contributed by atoms with Gasteiger partial charge in [0, 0.05) is 18.2 Å². The zero-order valence-electron chi connectivity index (χ0n) is 17.2. The molecule has 0 fully saturated rings. The van der Waals surface area contributed by atoms with Crippen LogP contribution in [-0.4, -0.2) is 48.8 Å². The van der Waals surface area contributed by atoms with E-state index in [-0.39, 0.29) is 12.5 Å². The summed E-state index contributed by atoms with van der Waals surface area (Å²) in [4.78, 5) is 19.6. The maximum Gasteiger partial charge on any atom is 0.247 e. The van der Waals surface area contributed by atoms with Crippen LogP contribution in [0.3, 0.4) is 0 Å². The van der Waals surface area contributed by atoms with Crippen molar-refractivity contribution < 1.29 is 23.5 Å². The molecule has 1 amide bonds.